The second kappa shape index (κ2) is 12.1. The van der Waals surface area contributed by atoms with Crippen LogP contribution in [0.4, 0.5) is 0 Å². The van der Waals surface area contributed by atoms with Crippen LogP contribution in [0.3, 0.4) is 0 Å². The van der Waals surface area contributed by atoms with Gasteiger partial charge in [-0.2, -0.15) is 0 Å². The van der Waals surface area contributed by atoms with Crippen LogP contribution >= 0.6 is 12.4 Å². The van der Waals surface area contributed by atoms with Crippen LogP contribution in [-0.4, -0.2) is 31.7 Å². The lowest BCUT2D eigenvalue weighted by atomic mass is 9.92. The third-order valence-electron chi connectivity index (χ3n) is 4.74. The molecule has 1 aromatic rings. The summed E-state index contributed by atoms with van der Waals surface area (Å²) in [7, 11) is 0. The van der Waals surface area contributed by atoms with Crippen LogP contribution in [0.2, 0.25) is 0 Å². The van der Waals surface area contributed by atoms with E-state index in [4.69, 9.17) is 9.47 Å². The first-order valence-electron chi connectivity index (χ1n) is 9.98. The monoisotopic (exact) mass is 398 g/mol. The third kappa shape index (κ3) is 7.23. The maximum absolute atomic E-state index is 12.6. The Hall–Kier alpha value is -1.46. The summed E-state index contributed by atoms with van der Waals surface area (Å²) >= 11 is 0. The minimum absolute atomic E-state index is 0. The maximum atomic E-state index is 12.6. The summed E-state index contributed by atoms with van der Waals surface area (Å²) in [6.07, 6.45) is 3.69. The lowest BCUT2D eigenvalue weighted by Crippen LogP contribution is -2.42. The molecule has 6 heteroatoms. The quantitative estimate of drug-likeness (QED) is 0.652. The van der Waals surface area contributed by atoms with Crippen molar-refractivity contribution < 1.29 is 14.3 Å². The highest BCUT2D eigenvalue weighted by atomic mass is 35.5. The predicted octanol–water partition coefficient (Wildman–Crippen LogP) is 4.25. The van der Waals surface area contributed by atoms with Gasteiger partial charge in [0.2, 0.25) is 5.91 Å². The zero-order valence-corrected chi connectivity index (χ0v) is 17.9. The highest BCUT2D eigenvalue weighted by Crippen LogP contribution is 2.31. The minimum Gasteiger partial charge on any atom is -0.490 e. The van der Waals surface area contributed by atoms with Crippen LogP contribution in [0.25, 0.3) is 0 Å². The number of piperidine rings is 1. The molecule has 1 unspecified atom stereocenters. The van der Waals surface area contributed by atoms with Gasteiger partial charge in [-0.15, -0.1) is 12.4 Å². The molecule has 0 bridgehead atoms. The molecule has 1 heterocycles. The van der Waals surface area contributed by atoms with E-state index < -0.39 is 0 Å². The smallest absolute Gasteiger partial charge is 0.223 e. The second-order valence-corrected chi connectivity index (χ2v) is 7.21. The number of hydrogen-bond acceptors (Lipinski definition) is 4. The van der Waals surface area contributed by atoms with E-state index in [9.17, 15) is 4.79 Å². The summed E-state index contributed by atoms with van der Waals surface area (Å²) in [5.74, 6) is 1.77. The number of benzene rings is 1. The van der Waals surface area contributed by atoms with E-state index in [2.05, 4.69) is 31.4 Å². The van der Waals surface area contributed by atoms with Gasteiger partial charge in [0.25, 0.3) is 0 Å². The van der Waals surface area contributed by atoms with Crippen LogP contribution in [0.5, 0.6) is 11.5 Å². The van der Waals surface area contributed by atoms with Crippen LogP contribution in [0, 0.1) is 5.92 Å². The summed E-state index contributed by atoms with van der Waals surface area (Å²) in [4.78, 5) is 12.6. The first-order chi connectivity index (χ1) is 12.5. The molecule has 3 atom stereocenters. The van der Waals surface area contributed by atoms with Crippen molar-refractivity contribution in [2.24, 2.45) is 5.92 Å². The summed E-state index contributed by atoms with van der Waals surface area (Å²) in [5.41, 5.74) is 1.04. The fourth-order valence-electron chi connectivity index (χ4n) is 3.23. The van der Waals surface area contributed by atoms with Gasteiger partial charge in [0.1, 0.15) is 0 Å². The molecule has 2 N–H and O–H groups in total. The topological polar surface area (TPSA) is 59.6 Å². The molecule has 1 aliphatic heterocycles. The summed E-state index contributed by atoms with van der Waals surface area (Å²) in [6, 6.07) is 6.30. The number of halogens is 1. The Morgan fingerprint density at radius 1 is 1.22 bits per heavy atom. The molecule has 1 aliphatic rings. The average molecular weight is 399 g/mol. The van der Waals surface area contributed by atoms with E-state index in [-0.39, 0.29) is 30.3 Å². The van der Waals surface area contributed by atoms with E-state index in [0.29, 0.717) is 19.3 Å². The molecule has 0 spiro atoms. The van der Waals surface area contributed by atoms with Gasteiger partial charge >= 0.3 is 0 Å². The van der Waals surface area contributed by atoms with Crippen LogP contribution in [0.15, 0.2) is 18.2 Å². The standard InChI is InChI=1S/C21H34N2O3.ClH/c1-5-11-25-19-8-7-17(14-20(19)26-12-6-2)16(4)23-21(24)18-9-10-22-15(3)13-18;/h7-8,14-16,18,22H,5-6,9-13H2,1-4H3,(H,23,24);1H/t15-,16?,18-;/m0./s1. The number of rotatable bonds is 9. The Morgan fingerprint density at radius 2 is 1.89 bits per heavy atom. The van der Waals surface area contributed by atoms with Crippen molar-refractivity contribution in [1.82, 2.24) is 10.6 Å². The van der Waals surface area contributed by atoms with E-state index >= 15 is 0 Å². The van der Waals surface area contributed by atoms with Gasteiger partial charge in [0, 0.05) is 12.0 Å². The van der Waals surface area contributed by atoms with Crippen molar-refractivity contribution in [2.75, 3.05) is 19.8 Å². The van der Waals surface area contributed by atoms with E-state index in [1.807, 2.05) is 25.1 Å². The largest absolute Gasteiger partial charge is 0.490 e. The molecule has 0 aromatic heterocycles. The Kier molecular flexibility index (Phi) is 10.6. The minimum atomic E-state index is -0.0584. The lowest BCUT2D eigenvalue weighted by Gasteiger charge is -2.28. The normalized spacial score (nSPS) is 20.3. The molecule has 1 fully saturated rings. The molecule has 1 saturated heterocycles. The molecule has 27 heavy (non-hydrogen) atoms. The number of hydrogen-bond donors (Lipinski definition) is 2. The van der Waals surface area contributed by atoms with Crippen molar-refractivity contribution in [3.8, 4) is 11.5 Å². The van der Waals surface area contributed by atoms with Gasteiger partial charge in [0.05, 0.1) is 19.3 Å². The van der Waals surface area contributed by atoms with Crippen molar-refractivity contribution in [3.05, 3.63) is 23.8 Å². The molecule has 0 radical (unpaired) electrons. The van der Waals surface area contributed by atoms with Gasteiger partial charge in [-0.05, 0) is 63.8 Å². The first kappa shape index (κ1) is 23.6. The van der Waals surface area contributed by atoms with Crippen LogP contribution < -0.4 is 20.1 Å². The van der Waals surface area contributed by atoms with Gasteiger partial charge in [-0.1, -0.05) is 19.9 Å². The maximum Gasteiger partial charge on any atom is 0.223 e. The van der Waals surface area contributed by atoms with E-state index in [1.165, 1.54) is 0 Å². The van der Waals surface area contributed by atoms with E-state index in [1.54, 1.807) is 0 Å². The molecule has 0 saturated carbocycles. The average Bonchev–Trinajstić information content (AvgIpc) is 2.64. The van der Waals surface area contributed by atoms with Gasteiger partial charge in [-0.25, -0.2) is 0 Å². The van der Waals surface area contributed by atoms with Gasteiger partial charge in [-0.3, -0.25) is 4.79 Å². The van der Waals surface area contributed by atoms with Gasteiger partial charge in [0.15, 0.2) is 11.5 Å². The van der Waals surface area contributed by atoms with Gasteiger partial charge < -0.3 is 20.1 Å². The lowest BCUT2D eigenvalue weighted by molar-refractivity contribution is -0.126. The van der Waals surface area contributed by atoms with Crippen molar-refractivity contribution in [3.63, 3.8) is 0 Å². The molecule has 0 aliphatic carbocycles. The molecular formula is C21H35ClN2O3. The fourth-order valence-corrected chi connectivity index (χ4v) is 3.23. The van der Waals surface area contributed by atoms with Crippen molar-refractivity contribution in [2.45, 2.75) is 65.5 Å². The number of carbonyl (C=O) groups is 1. The zero-order valence-electron chi connectivity index (χ0n) is 17.0. The highest BCUT2D eigenvalue weighted by molar-refractivity contribution is 5.85. The van der Waals surface area contributed by atoms with Crippen molar-refractivity contribution >= 4 is 18.3 Å². The summed E-state index contributed by atoms with van der Waals surface area (Å²) in [5, 5.41) is 6.56. The summed E-state index contributed by atoms with van der Waals surface area (Å²) in [6.45, 7) is 10.6. The fraction of sp³-hybridized carbons (Fsp3) is 0.667. The zero-order chi connectivity index (χ0) is 18.9. The Labute approximate surface area is 170 Å². The molecule has 1 aromatic carbocycles. The molecule has 5 nitrogen and oxygen atoms in total. The molecular weight excluding hydrogens is 364 g/mol. The number of amides is 1. The highest BCUT2D eigenvalue weighted by Gasteiger charge is 2.26. The molecule has 1 amide bonds. The van der Waals surface area contributed by atoms with E-state index in [0.717, 1.165) is 49.3 Å². The predicted molar refractivity (Wildman–Crippen MR) is 112 cm³/mol. The second-order valence-electron chi connectivity index (χ2n) is 7.21. The number of carbonyl (C=O) groups excluding carboxylic acids is 1. The van der Waals surface area contributed by atoms with Crippen LogP contribution in [-0.2, 0) is 4.79 Å². The van der Waals surface area contributed by atoms with Crippen LogP contribution in [0.1, 0.15) is 65.0 Å². The Balaban J connectivity index is 0.00000364. The Morgan fingerprint density at radius 3 is 2.52 bits per heavy atom. The van der Waals surface area contributed by atoms with Crippen molar-refractivity contribution in [1.29, 1.82) is 0 Å². The SMILES string of the molecule is CCCOc1ccc(C(C)NC(=O)[C@H]2CCN[C@@H](C)C2)cc1OCCC.Cl. The summed E-state index contributed by atoms with van der Waals surface area (Å²) < 4.78 is 11.7. The number of ether oxygens (including phenoxy) is 2. The molecule has 2 rings (SSSR count). The first-order valence-corrected chi connectivity index (χ1v) is 9.98. The number of nitrogens with one attached hydrogen (secondary N) is 2. The third-order valence-corrected chi connectivity index (χ3v) is 4.74. The molecule has 154 valence electrons. The Bertz CT molecular complexity index is 583.